The van der Waals surface area contributed by atoms with E-state index in [2.05, 4.69) is 5.10 Å². The van der Waals surface area contributed by atoms with Gasteiger partial charge in [-0.25, -0.2) is 10.2 Å². The van der Waals surface area contributed by atoms with E-state index in [1.54, 1.807) is 26.0 Å². The largest absolute Gasteiger partial charge is 0.464 e. The van der Waals surface area contributed by atoms with Crippen molar-refractivity contribution >= 4 is 11.8 Å². The standard InChI is InChI=1S/C8H10N2O3/c1-5-3-4-7(13-5)6(2)9-10-8(11)12/h3-4,10H,1-2H3,(H,11,12)/b9-6-. The maximum absolute atomic E-state index is 10.1. The lowest BCUT2D eigenvalue weighted by atomic mass is 10.3. The molecule has 1 amide bonds. The van der Waals surface area contributed by atoms with E-state index in [0.717, 1.165) is 5.76 Å². The van der Waals surface area contributed by atoms with Gasteiger partial charge < -0.3 is 9.52 Å². The minimum Gasteiger partial charge on any atom is -0.464 e. The molecule has 0 radical (unpaired) electrons. The van der Waals surface area contributed by atoms with E-state index < -0.39 is 6.09 Å². The molecule has 0 spiro atoms. The van der Waals surface area contributed by atoms with Crippen LogP contribution in [0.1, 0.15) is 18.4 Å². The fraction of sp³-hybridized carbons (Fsp3) is 0.250. The molecule has 5 nitrogen and oxygen atoms in total. The van der Waals surface area contributed by atoms with Crippen LogP contribution >= 0.6 is 0 Å². The first kappa shape index (κ1) is 9.31. The minimum atomic E-state index is -1.19. The summed E-state index contributed by atoms with van der Waals surface area (Å²) in [5, 5.41) is 11.8. The van der Waals surface area contributed by atoms with Crippen LogP contribution in [0.3, 0.4) is 0 Å². The third-order valence-corrected chi connectivity index (χ3v) is 1.42. The highest BCUT2D eigenvalue weighted by atomic mass is 16.4. The zero-order chi connectivity index (χ0) is 9.84. The molecule has 0 aliphatic heterocycles. The molecule has 0 atom stereocenters. The van der Waals surface area contributed by atoms with Crippen LogP contribution in [0.2, 0.25) is 0 Å². The number of hydrogen-bond acceptors (Lipinski definition) is 3. The summed E-state index contributed by atoms with van der Waals surface area (Å²) >= 11 is 0. The molecule has 1 aromatic rings. The molecule has 5 heteroatoms. The number of carboxylic acid groups (broad SMARTS) is 1. The maximum atomic E-state index is 10.1. The molecule has 0 aliphatic rings. The number of nitrogens with zero attached hydrogens (tertiary/aromatic N) is 1. The lowest BCUT2D eigenvalue weighted by molar-refractivity contribution is 0.195. The predicted octanol–water partition coefficient (Wildman–Crippen LogP) is 1.58. The topological polar surface area (TPSA) is 74.8 Å². The fourth-order valence-electron chi connectivity index (χ4n) is 0.816. The molecule has 0 saturated heterocycles. The van der Waals surface area contributed by atoms with Crippen LogP contribution in [0.4, 0.5) is 4.79 Å². The Kier molecular flexibility index (Phi) is 2.69. The van der Waals surface area contributed by atoms with Crippen molar-refractivity contribution in [2.24, 2.45) is 5.10 Å². The van der Waals surface area contributed by atoms with E-state index in [4.69, 9.17) is 9.52 Å². The van der Waals surface area contributed by atoms with E-state index in [0.29, 0.717) is 11.5 Å². The smallest absolute Gasteiger partial charge is 0.425 e. The molecule has 0 aromatic carbocycles. The van der Waals surface area contributed by atoms with E-state index in [1.165, 1.54) is 0 Å². The second-order valence-corrected chi connectivity index (χ2v) is 2.52. The molecule has 0 unspecified atom stereocenters. The lowest BCUT2D eigenvalue weighted by Crippen LogP contribution is -2.15. The Morgan fingerprint density at radius 1 is 1.62 bits per heavy atom. The molecular weight excluding hydrogens is 172 g/mol. The third-order valence-electron chi connectivity index (χ3n) is 1.42. The zero-order valence-corrected chi connectivity index (χ0v) is 7.37. The fourth-order valence-corrected chi connectivity index (χ4v) is 0.816. The van der Waals surface area contributed by atoms with Crippen molar-refractivity contribution in [1.29, 1.82) is 0 Å². The normalized spacial score (nSPS) is 11.4. The highest BCUT2D eigenvalue weighted by Crippen LogP contribution is 2.06. The van der Waals surface area contributed by atoms with Gasteiger partial charge >= 0.3 is 6.09 Å². The molecule has 0 aliphatic carbocycles. The van der Waals surface area contributed by atoms with E-state index >= 15 is 0 Å². The van der Waals surface area contributed by atoms with Crippen LogP contribution in [0.25, 0.3) is 0 Å². The summed E-state index contributed by atoms with van der Waals surface area (Å²) in [7, 11) is 0. The third kappa shape index (κ3) is 2.62. The van der Waals surface area contributed by atoms with E-state index in [1.807, 2.05) is 5.43 Å². The van der Waals surface area contributed by atoms with Crippen molar-refractivity contribution in [3.05, 3.63) is 23.7 Å². The van der Waals surface area contributed by atoms with Crippen molar-refractivity contribution in [2.45, 2.75) is 13.8 Å². The van der Waals surface area contributed by atoms with Gasteiger partial charge in [0.1, 0.15) is 17.2 Å². The maximum Gasteiger partial charge on any atom is 0.425 e. The average molecular weight is 182 g/mol. The Bertz CT molecular complexity index is 341. The van der Waals surface area contributed by atoms with Crippen LogP contribution in [0.15, 0.2) is 21.7 Å². The number of nitrogens with one attached hydrogen (secondary N) is 1. The number of rotatable bonds is 2. The van der Waals surface area contributed by atoms with Crippen molar-refractivity contribution in [3.63, 3.8) is 0 Å². The van der Waals surface area contributed by atoms with Gasteiger partial charge in [0.2, 0.25) is 0 Å². The van der Waals surface area contributed by atoms with Gasteiger partial charge in [0.15, 0.2) is 0 Å². The van der Waals surface area contributed by atoms with Gasteiger partial charge in [-0.15, -0.1) is 0 Å². The quantitative estimate of drug-likeness (QED) is 0.538. The van der Waals surface area contributed by atoms with Gasteiger partial charge in [0, 0.05) is 0 Å². The molecule has 0 bridgehead atoms. The SMILES string of the molecule is C/C(=N/NC(=O)O)c1ccc(C)o1. The predicted molar refractivity (Wildman–Crippen MR) is 46.8 cm³/mol. The van der Waals surface area contributed by atoms with Crippen LogP contribution < -0.4 is 5.43 Å². The first-order valence-electron chi connectivity index (χ1n) is 3.69. The zero-order valence-electron chi connectivity index (χ0n) is 7.37. The van der Waals surface area contributed by atoms with Crippen LogP contribution in [-0.4, -0.2) is 16.9 Å². The van der Waals surface area contributed by atoms with E-state index in [-0.39, 0.29) is 0 Å². The Morgan fingerprint density at radius 2 is 2.31 bits per heavy atom. The molecule has 2 N–H and O–H groups in total. The Balaban J connectivity index is 2.72. The van der Waals surface area contributed by atoms with Gasteiger partial charge in [-0.05, 0) is 26.0 Å². The first-order chi connectivity index (χ1) is 6.09. The Morgan fingerprint density at radius 3 is 2.77 bits per heavy atom. The molecule has 13 heavy (non-hydrogen) atoms. The van der Waals surface area contributed by atoms with Gasteiger partial charge in [-0.2, -0.15) is 5.10 Å². The van der Waals surface area contributed by atoms with E-state index in [9.17, 15) is 4.79 Å². The van der Waals surface area contributed by atoms with Crippen molar-refractivity contribution in [1.82, 2.24) is 5.43 Å². The number of hydrazone groups is 1. The number of amides is 1. The molecular formula is C8H10N2O3. The van der Waals surface area contributed by atoms with Gasteiger partial charge in [0.25, 0.3) is 0 Å². The number of furan rings is 1. The van der Waals surface area contributed by atoms with Gasteiger partial charge in [-0.1, -0.05) is 0 Å². The first-order valence-corrected chi connectivity index (χ1v) is 3.69. The summed E-state index contributed by atoms with van der Waals surface area (Å²) in [6.45, 7) is 3.47. The van der Waals surface area contributed by atoms with Crippen LogP contribution in [-0.2, 0) is 0 Å². The number of carbonyl (C=O) groups is 1. The second-order valence-electron chi connectivity index (χ2n) is 2.52. The summed E-state index contributed by atoms with van der Waals surface area (Å²) in [6, 6.07) is 3.52. The summed E-state index contributed by atoms with van der Waals surface area (Å²) in [4.78, 5) is 10.1. The van der Waals surface area contributed by atoms with Crippen molar-refractivity contribution in [3.8, 4) is 0 Å². The molecule has 0 saturated carbocycles. The van der Waals surface area contributed by atoms with Crippen LogP contribution in [0, 0.1) is 6.92 Å². The number of aryl methyl sites for hydroxylation is 1. The lowest BCUT2D eigenvalue weighted by Gasteiger charge is -1.94. The Hall–Kier alpha value is -1.78. The molecule has 1 heterocycles. The van der Waals surface area contributed by atoms with Gasteiger partial charge in [0.05, 0.1) is 0 Å². The summed E-state index contributed by atoms with van der Waals surface area (Å²) in [6.07, 6.45) is -1.19. The van der Waals surface area contributed by atoms with Crippen LogP contribution in [0.5, 0.6) is 0 Å². The molecule has 1 aromatic heterocycles. The average Bonchev–Trinajstić information content (AvgIpc) is 2.47. The number of hydrogen-bond donors (Lipinski definition) is 2. The highest BCUT2D eigenvalue weighted by Gasteiger charge is 2.02. The summed E-state index contributed by atoms with van der Waals surface area (Å²) in [5.41, 5.74) is 2.39. The second kappa shape index (κ2) is 3.75. The highest BCUT2D eigenvalue weighted by molar-refractivity contribution is 5.96. The summed E-state index contributed by atoms with van der Waals surface area (Å²) in [5.74, 6) is 1.33. The van der Waals surface area contributed by atoms with Crippen molar-refractivity contribution in [2.75, 3.05) is 0 Å². The minimum absolute atomic E-state index is 0.496. The van der Waals surface area contributed by atoms with Gasteiger partial charge in [-0.3, -0.25) is 0 Å². The summed E-state index contributed by atoms with van der Waals surface area (Å²) < 4.78 is 5.21. The van der Waals surface area contributed by atoms with Crippen molar-refractivity contribution < 1.29 is 14.3 Å². The molecule has 70 valence electrons. The molecule has 0 fully saturated rings. The monoisotopic (exact) mass is 182 g/mol. The Labute approximate surface area is 75.1 Å². The molecule has 1 rings (SSSR count).